The number of anilines is 1. The lowest BCUT2D eigenvalue weighted by molar-refractivity contribution is 0.0778. The molecule has 0 aromatic carbocycles. The molecule has 0 radical (unpaired) electrons. The smallest absolute Gasteiger partial charge is 0.270 e. The molecule has 1 aliphatic heterocycles. The fourth-order valence-electron chi connectivity index (χ4n) is 3.21. The third-order valence-electron chi connectivity index (χ3n) is 4.41. The third-order valence-corrected chi connectivity index (χ3v) is 4.41. The van der Waals surface area contributed by atoms with Crippen LogP contribution in [0.4, 0.5) is 5.82 Å². The maximum absolute atomic E-state index is 12.7. The molecule has 7 heteroatoms. The molecule has 2 aromatic rings. The van der Waals surface area contributed by atoms with Gasteiger partial charge in [-0.25, -0.2) is 0 Å². The maximum atomic E-state index is 12.7. The number of carbonyl (C=O) groups is 1. The minimum absolute atomic E-state index is 0.0787. The van der Waals surface area contributed by atoms with Gasteiger partial charge in [-0.2, -0.15) is 10.4 Å². The summed E-state index contributed by atoms with van der Waals surface area (Å²) in [5.41, 5.74) is 1.02. The number of amides is 1. The van der Waals surface area contributed by atoms with Crippen molar-refractivity contribution >= 4 is 11.7 Å². The molecular formula is C17H20N6O. The monoisotopic (exact) mass is 324 g/mol. The van der Waals surface area contributed by atoms with Gasteiger partial charge >= 0.3 is 0 Å². The van der Waals surface area contributed by atoms with E-state index in [4.69, 9.17) is 5.26 Å². The van der Waals surface area contributed by atoms with Gasteiger partial charge in [0, 0.05) is 45.6 Å². The molecule has 3 rings (SSSR count). The summed E-state index contributed by atoms with van der Waals surface area (Å²) in [6.45, 7) is 1.54. The van der Waals surface area contributed by atoms with Gasteiger partial charge in [0.15, 0.2) is 5.82 Å². The normalized spacial score (nSPS) is 16.9. The first-order valence-corrected chi connectivity index (χ1v) is 7.96. The molecule has 0 bridgehead atoms. The highest BCUT2D eigenvalue weighted by molar-refractivity contribution is 5.93. The SMILES string of the molecule is CN(CC1CCCN1c1cccnn1)C(=O)c1cc(C#N)cn1C. The summed E-state index contributed by atoms with van der Waals surface area (Å²) in [5.74, 6) is 0.775. The summed E-state index contributed by atoms with van der Waals surface area (Å²) in [6.07, 6.45) is 5.42. The van der Waals surface area contributed by atoms with Crippen molar-refractivity contribution in [3.8, 4) is 6.07 Å². The van der Waals surface area contributed by atoms with Gasteiger partial charge in [0.1, 0.15) is 11.8 Å². The summed E-state index contributed by atoms with van der Waals surface area (Å²) in [4.78, 5) is 16.6. The molecule has 1 saturated heterocycles. The molecule has 1 aliphatic rings. The minimum Gasteiger partial charge on any atom is -0.350 e. The van der Waals surface area contributed by atoms with Crippen LogP contribution in [0.3, 0.4) is 0 Å². The van der Waals surface area contributed by atoms with E-state index >= 15 is 0 Å². The Labute approximate surface area is 141 Å². The Balaban J connectivity index is 1.71. The third kappa shape index (κ3) is 3.08. The van der Waals surface area contributed by atoms with Crippen molar-refractivity contribution < 1.29 is 4.79 Å². The quantitative estimate of drug-likeness (QED) is 0.850. The van der Waals surface area contributed by atoms with Crippen LogP contribution in [0.5, 0.6) is 0 Å². The highest BCUT2D eigenvalue weighted by Gasteiger charge is 2.28. The van der Waals surface area contributed by atoms with Crippen molar-refractivity contribution in [3.63, 3.8) is 0 Å². The molecule has 0 spiro atoms. The Hall–Kier alpha value is -2.88. The number of rotatable bonds is 4. The second kappa shape index (κ2) is 6.71. The molecule has 24 heavy (non-hydrogen) atoms. The summed E-state index contributed by atoms with van der Waals surface area (Å²) in [6, 6.07) is 7.75. The number of nitriles is 1. The lowest BCUT2D eigenvalue weighted by Gasteiger charge is -2.29. The zero-order valence-electron chi connectivity index (χ0n) is 13.9. The molecule has 1 unspecified atom stereocenters. The van der Waals surface area contributed by atoms with Crippen LogP contribution in [-0.2, 0) is 7.05 Å². The van der Waals surface area contributed by atoms with E-state index in [1.807, 2.05) is 12.1 Å². The molecule has 7 nitrogen and oxygen atoms in total. The molecule has 1 fully saturated rings. The standard InChI is InChI=1S/C17H20N6O/c1-21-11-13(10-18)9-15(21)17(24)22(2)12-14-5-4-8-23(14)16-6-3-7-19-20-16/h3,6-7,9,11,14H,4-5,8,12H2,1-2H3. The van der Waals surface area contributed by atoms with Crippen molar-refractivity contribution in [3.05, 3.63) is 41.9 Å². The summed E-state index contributed by atoms with van der Waals surface area (Å²) in [5, 5.41) is 17.1. The lowest BCUT2D eigenvalue weighted by Crippen LogP contribution is -2.42. The molecular weight excluding hydrogens is 304 g/mol. The molecule has 0 aliphatic carbocycles. The first-order valence-electron chi connectivity index (χ1n) is 7.96. The van der Waals surface area contributed by atoms with E-state index in [-0.39, 0.29) is 11.9 Å². The van der Waals surface area contributed by atoms with Gasteiger partial charge in [0.05, 0.1) is 5.56 Å². The molecule has 1 atom stereocenters. The van der Waals surface area contributed by atoms with E-state index in [2.05, 4.69) is 21.2 Å². The highest BCUT2D eigenvalue weighted by Crippen LogP contribution is 2.24. The average Bonchev–Trinajstić information content (AvgIpc) is 3.21. The Morgan fingerprint density at radius 3 is 3.04 bits per heavy atom. The maximum Gasteiger partial charge on any atom is 0.270 e. The second-order valence-corrected chi connectivity index (χ2v) is 6.09. The van der Waals surface area contributed by atoms with Gasteiger partial charge in [-0.3, -0.25) is 4.79 Å². The first-order chi connectivity index (χ1) is 11.6. The molecule has 124 valence electrons. The fourth-order valence-corrected chi connectivity index (χ4v) is 3.21. The number of aryl methyl sites for hydroxylation is 1. The van der Waals surface area contributed by atoms with Crippen molar-refractivity contribution in [2.75, 3.05) is 25.0 Å². The Bertz CT molecular complexity index is 763. The van der Waals surface area contributed by atoms with Crippen molar-refractivity contribution in [2.24, 2.45) is 7.05 Å². The van der Waals surface area contributed by atoms with Crippen LogP contribution in [0.25, 0.3) is 0 Å². The van der Waals surface area contributed by atoms with Crippen LogP contribution in [0.1, 0.15) is 28.9 Å². The van der Waals surface area contributed by atoms with Gasteiger partial charge in [-0.15, -0.1) is 5.10 Å². The topological polar surface area (TPSA) is 78.1 Å². The van der Waals surface area contributed by atoms with Gasteiger partial charge in [-0.1, -0.05) is 0 Å². The van der Waals surface area contributed by atoms with Crippen LogP contribution in [0.15, 0.2) is 30.6 Å². The Morgan fingerprint density at radius 2 is 2.38 bits per heavy atom. The van der Waals surface area contributed by atoms with Gasteiger partial charge in [-0.05, 0) is 31.0 Å². The lowest BCUT2D eigenvalue weighted by atomic mass is 10.2. The summed E-state index contributed by atoms with van der Waals surface area (Å²) < 4.78 is 1.70. The second-order valence-electron chi connectivity index (χ2n) is 6.09. The van der Waals surface area contributed by atoms with Crippen LogP contribution >= 0.6 is 0 Å². The predicted molar refractivity (Wildman–Crippen MR) is 89.5 cm³/mol. The van der Waals surface area contributed by atoms with Gasteiger partial charge in [0.25, 0.3) is 5.91 Å². The molecule has 1 amide bonds. The number of aromatic nitrogens is 3. The largest absolute Gasteiger partial charge is 0.350 e. The number of hydrogen-bond donors (Lipinski definition) is 0. The van der Waals surface area contributed by atoms with Crippen LogP contribution in [-0.4, -0.2) is 51.8 Å². The molecule has 0 saturated carbocycles. The number of hydrogen-bond acceptors (Lipinski definition) is 5. The molecule has 0 N–H and O–H groups in total. The van der Waals surface area contributed by atoms with Crippen molar-refractivity contribution in [2.45, 2.75) is 18.9 Å². The minimum atomic E-state index is -0.0787. The predicted octanol–water partition coefficient (Wildman–Crippen LogP) is 1.43. The van der Waals surface area contributed by atoms with Crippen LogP contribution in [0, 0.1) is 11.3 Å². The first kappa shape index (κ1) is 16.0. The fraction of sp³-hybridized carbons (Fsp3) is 0.412. The average molecular weight is 324 g/mol. The van der Waals surface area contributed by atoms with E-state index in [1.54, 1.807) is 42.0 Å². The van der Waals surface area contributed by atoms with E-state index in [9.17, 15) is 4.79 Å². The number of nitrogens with zero attached hydrogens (tertiary/aromatic N) is 6. The Morgan fingerprint density at radius 1 is 1.54 bits per heavy atom. The van der Waals surface area contributed by atoms with Crippen molar-refractivity contribution in [1.82, 2.24) is 19.7 Å². The number of carbonyl (C=O) groups excluding carboxylic acids is 1. The Kier molecular flexibility index (Phi) is 4.47. The van der Waals surface area contributed by atoms with Gasteiger partial charge in [0.2, 0.25) is 0 Å². The molecule has 2 aromatic heterocycles. The van der Waals surface area contributed by atoms with Gasteiger partial charge < -0.3 is 14.4 Å². The van der Waals surface area contributed by atoms with E-state index in [0.29, 0.717) is 17.8 Å². The summed E-state index contributed by atoms with van der Waals surface area (Å²) in [7, 11) is 3.58. The van der Waals surface area contributed by atoms with E-state index in [1.165, 1.54) is 0 Å². The summed E-state index contributed by atoms with van der Waals surface area (Å²) >= 11 is 0. The van der Waals surface area contributed by atoms with Crippen LogP contribution < -0.4 is 4.90 Å². The van der Waals surface area contributed by atoms with E-state index < -0.39 is 0 Å². The van der Waals surface area contributed by atoms with Crippen molar-refractivity contribution in [1.29, 1.82) is 5.26 Å². The highest BCUT2D eigenvalue weighted by atomic mass is 16.2. The van der Waals surface area contributed by atoms with Crippen LogP contribution in [0.2, 0.25) is 0 Å². The zero-order chi connectivity index (χ0) is 17.1. The molecule has 3 heterocycles. The van der Waals surface area contributed by atoms with E-state index in [0.717, 1.165) is 25.2 Å². The zero-order valence-corrected chi connectivity index (χ0v) is 13.9. The number of likely N-dealkylation sites (N-methyl/N-ethyl adjacent to an activating group) is 1.